The van der Waals surface area contributed by atoms with Crippen molar-refractivity contribution in [1.29, 1.82) is 0 Å². The number of fused-ring (bicyclic) bond motifs is 1. The second-order valence-electron chi connectivity index (χ2n) is 5.02. The highest BCUT2D eigenvalue weighted by molar-refractivity contribution is 6.12. The number of pyridine rings is 2. The molecule has 0 atom stereocenters. The van der Waals surface area contributed by atoms with Crippen LogP contribution in [0.5, 0.6) is 5.88 Å². The molecule has 1 amide bonds. The van der Waals surface area contributed by atoms with E-state index >= 15 is 0 Å². The summed E-state index contributed by atoms with van der Waals surface area (Å²) in [7, 11) is 3.20. The van der Waals surface area contributed by atoms with Crippen molar-refractivity contribution in [3.63, 3.8) is 0 Å². The first-order valence-corrected chi connectivity index (χ1v) is 7.00. The van der Waals surface area contributed by atoms with Crippen LogP contribution in [0.25, 0.3) is 10.9 Å². The van der Waals surface area contributed by atoms with Crippen molar-refractivity contribution in [2.45, 2.75) is 0 Å². The predicted molar refractivity (Wildman–Crippen MR) is 87.9 cm³/mol. The Morgan fingerprint density at radius 2 is 2.00 bits per heavy atom. The lowest BCUT2D eigenvalue weighted by molar-refractivity contribution is 0.102. The largest absolute Gasteiger partial charge is 0.481 e. The summed E-state index contributed by atoms with van der Waals surface area (Å²) in [6.07, 6.45) is 1.50. The van der Waals surface area contributed by atoms with Gasteiger partial charge in [0.15, 0.2) is 0 Å². The maximum absolute atomic E-state index is 12.5. The number of nitrogens with zero attached hydrogens (tertiary/aromatic N) is 2. The molecule has 0 aliphatic rings. The maximum atomic E-state index is 12.5. The van der Waals surface area contributed by atoms with Crippen LogP contribution in [-0.2, 0) is 7.05 Å². The number of hydrogen-bond donors (Lipinski definition) is 1. The normalized spacial score (nSPS) is 10.5. The summed E-state index contributed by atoms with van der Waals surface area (Å²) in [4.78, 5) is 28.6. The Kier molecular flexibility index (Phi) is 3.80. The summed E-state index contributed by atoms with van der Waals surface area (Å²) >= 11 is 0. The lowest BCUT2D eigenvalue weighted by Crippen LogP contribution is -2.21. The highest BCUT2D eigenvalue weighted by Crippen LogP contribution is 2.18. The second-order valence-corrected chi connectivity index (χ2v) is 5.02. The topological polar surface area (TPSA) is 73.2 Å². The fraction of sp³-hybridized carbons (Fsp3) is 0.118. The van der Waals surface area contributed by atoms with E-state index in [-0.39, 0.29) is 11.5 Å². The number of hydrogen-bond acceptors (Lipinski definition) is 4. The molecule has 0 spiro atoms. The van der Waals surface area contributed by atoms with Crippen molar-refractivity contribution >= 4 is 22.5 Å². The molecule has 2 heterocycles. The molecule has 6 nitrogen and oxygen atoms in total. The van der Waals surface area contributed by atoms with E-state index < -0.39 is 0 Å². The van der Waals surface area contributed by atoms with Gasteiger partial charge in [-0.3, -0.25) is 9.59 Å². The monoisotopic (exact) mass is 309 g/mol. The number of anilines is 1. The molecule has 3 rings (SSSR count). The van der Waals surface area contributed by atoms with Crippen LogP contribution >= 0.6 is 0 Å². The minimum atomic E-state index is -0.356. The fourth-order valence-electron chi connectivity index (χ4n) is 2.37. The molecule has 1 N–H and O–H groups in total. The summed E-state index contributed by atoms with van der Waals surface area (Å²) in [5.74, 6) is 0.105. The molecule has 116 valence electrons. The summed E-state index contributed by atoms with van der Waals surface area (Å²) in [5, 5.41) is 3.46. The number of aryl methyl sites for hydroxylation is 1. The predicted octanol–water partition coefficient (Wildman–Crippen LogP) is 2.19. The van der Waals surface area contributed by atoms with Crippen molar-refractivity contribution in [3.8, 4) is 5.88 Å². The van der Waals surface area contributed by atoms with Gasteiger partial charge in [0.25, 0.3) is 11.5 Å². The molecule has 0 aliphatic carbocycles. The van der Waals surface area contributed by atoms with Gasteiger partial charge in [-0.15, -0.1) is 0 Å². The average Bonchev–Trinajstić information content (AvgIpc) is 2.58. The standard InChI is InChI=1S/C17H15N3O3/c1-20-14-6-4-3-5-12(14)13(9-16(20)21)17(22)19-11-7-8-15(23-2)18-10-11/h3-10H,1-2H3,(H,19,22). The van der Waals surface area contributed by atoms with Crippen LogP contribution in [0.15, 0.2) is 53.5 Å². The Bertz CT molecular complexity index is 930. The Hall–Kier alpha value is -3.15. The van der Waals surface area contributed by atoms with Crippen LogP contribution in [0.3, 0.4) is 0 Å². The van der Waals surface area contributed by atoms with E-state index in [0.717, 1.165) is 0 Å². The van der Waals surface area contributed by atoms with Gasteiger partial charge in [0, 0.05) is 24.6 Å². The molecule has 6 heteroatoms. The molecule has 23 heavy (non-hydrogen) atoms. The summed E-state index contributed by atoms with van der Waals surface area (Å²) in [5.41, 5.74) is 1.33. The molecule has 0 bridgehead atoms. The highest BCUT2D eigenvalue weighted by atomic mass is 16.5. The third kappa shape index (κ3) is 2.78. The molecule has 0 aliphatic heterocycles. The molecule has 3 aromatic rings. The Balaban J connectivity index is 2.00. The van der Waals surface area contributed by atoms with Gasteiger partial charge in [0.2, 0.25) is 5.88 Å². The van der Waals surface area contributed by atoms with Crippen molar-refractivity contribution in [2.75, 3.05) is 12.4 Å². The molecule has 0 saturated carbocycles. The van der Waals surface area contributed by atoms with E-state index in [2.05, 4.69) is 10.3 Å². The number of ether oxygens (including phenoxy) is 1. The molecular weight excluding hydrogens is 294 g/mol. The third-order valence-electron chi connectivity index (χ3n) is 3.60. The first-order chi connectivity index (χ1) is 11.1. The van der Waals surface area contributed by atoms with Gasteiger partial charge >= 0.3 is 0 Å². The zero-order valence-electron chi connectivity index (χ0n) is 12.7. The molecule has 0 radical (unpaired) electrons. The van der Waals surface area contributed by atoms with Crippen LogP contribution in [0.1, 0.15) is 10.4 Å². The summed E-state index contributed by atoms with van der Waals surface area (Å²) < 4.78 is 6.49. The molecule has 0 saturated heterocycles. The first-order valence-electron chi connectivity index (χ1n) is 7.00. The number of rotatable bonds is 3. The van der Waals surface area contributed by atoms with E-state index in [1.165, 1.54) is 23.9 Å². The van der Waals surface area contributed by atoms with Crippen LogP contribution in [0.2, 0.25) is 0 Å². The van der Waals surface area contributed by atoms with Crippen LogP contribution < -0.4 is 15.6 Å². The van der Waals surface area contributed by atoms with E-state index in [4.69, 9.17) is 4.74 Å². The zero-order valence-corrected chi connectivity index (χ0v) is 12.7. The molecule has 0 fully saturated rings. The van der Waals surface area contributed by atoms with Gasteiger partial charge in [0.1, 0.15) is 0 Å². The van der Waals surface area contributed by atoms with Gasteiger partial charge < -0.3 is 14.6 Å². The minimum absolute atomic E-state index is 0.235. The molecule has 2 aromatic heterocycles. The third-order valence-corrected chi connectivity index (χ3v) is 3.60. The van der Waals surface area contributed by atoms with Crippen molar-refractivity contribution in [2.24, 2.45) is 7.05 Å². The van der Waals surface area contributed by atoms with Gasteiger partial charge in [-0.25, -0.2) is 4.98 Å². The fourth-order valence-corrected chi connectivity index (χ4v) is 2.37. The van der Waals surface area contributed by atoms with Gasteiger partial charge in [-0.1, -0.05) is 18.2 Å². The number of carbonyl (C=O) groups excluding carboxylic acids is 1. The Labute approximate surface area is 132 Å². The van der Waals surface area contributed by atoms with Gasteiger partial charge in [0.05, 0.1) is 30.1 Å². The number of benzene rings is 1. The Morgan fingerprint density at radius 3 is 2.70 bits per heavy atom. The maximum Gasteiger partial charge on any atom is 0.256 e. The highest BCUT2D eigenvalue weighted by Gasteiger charge is 2.13. The van der Waals surface area contributed by atoms with Crippen molar-refractivity contribution in [1.82, 2.24) is 9.55 Å². The van der Waals surface area contributed by atoms with E-state index in [1.54, 1.807) is 19.2 Å². The lowest BCUT2D eigenvalue weighted by Gasteiger charge is -2.10. The minimum Gasteiger partial charge on any atom is -0.481 e. The van der Waals surface area contributed by atoms with Crippen molar-refractivity contribution in [3.05, 3.63) is 64.6 Å². The van der Waals surface area contributed by atoms with Gasteiger partial charge in [-0.2, -0.15) is 0 Å². The molecule has 0 unspecified atom stereocenters. The van der Waals surface area contributed by atoms with Gasteiger partial charge in [-0.05, 0) is 12.1 Å². The lowest BCUT2D eigenvalue weighted by atomic mass is 10.1. The second kappa shape index (κ2) is 5.92. The number of methoxy groups -OCH3 is 1. The van der Waals surface area contributed by atoms with E-state index in [0.29, 0.717) is 28.0 Å². The van der Waals surface area contributed by atoms with Crippen LogP contribution in [0, 0.1) is 0 Å². The van der Waals surface area contributed by atoms with Crippen LogP contribution in [0.4, 0.5) is 5.69 Å². The summed E-state index contributed by atoms with van der Waals surface area (Å²) in [6, 6.07) is 12.0. The average molecular weight is 309 g/mol. The van der Waals surface area contributed by atoms with Crippen LogP contribution in [-0.4, -0.2) is 22.6 Å². The molecule has 1 aromatic carbocycles. The number of carbonyl (C=O) groups is 1. The van der Waals surface area contributed by atoms with E-state index in [1.807, 2.05) is 24.3 Å². The molecular formula is C17H15N3O3. The quantitative estimate of drug-likeness (QED) is 0.805. The number of amides is 1. The SMILES string of the molecule is COc1ccc(NC(=O)c2cc(=O)n(C)c3ccccc23)cn1. The summed E-state index contributed by atoms with van der Waals surface area (Å²) in [6.45, 7) is 0. The number of nitrogens with one attached hydrogen (secondary N) is 1. The first kappa shape index (κ1) is 14.8. The van der Waals surface area contributed by atoms with E-state index in [9.17, 15) is 9.59 Å². The number of aromatic nitrogens is 2. The zero-order chi connectivity index (χ0) is 16.4. The number of para-hydroxylation sites is 1. The smallest absolute Gasteiger partial charge is 0.256 e. The van der Waals surface area contributed by atoms with Crippen molar-refractivity contribution < 1.29 is 9.53 Å². The Morgan fingerprint density at radius 1 is 1.22 bits per heavy atom.